The van der Waals surface area contributed by atoms with Gasteiger partial charge in [0.15, 0.2) is 5.11 Å². The quantitative estimate of drug-likeness (QED) is 0.592. The molecule has 17 heavy (non-hydrogen) atoms. The summed E-state index contributed by atoms with van der Waals surface area (Å²) in [5.41, 5.74) is 2.66. The molecule has 1 aliphatic rings. The number of carbonyl (C=O) groups is 1. The van der Waals surface area contributed by atoms with Crippen molar-refractivity contribution in [3.63, 3.8) is 0 Å². The monoisotopic (exact) mass is 248 g/mol. The third-order valence-corrected chi connectivity index (χ3v) is 2.31. The number of thiocarbonyl (C=S) groups is 1. The Morgan fingerprint density at radius 2 is 1.71 bits per heavy atom. The van der Waals surface area contributed by atoms with Crippen LogP contribution in [0.15, 0.2) is 30.0 Å². The van der Waals surface area contributed by atoms with E-state index in [2.05, 4.69) is 10.6 Å². The van der Waals surface area contributed by atoms with E-state index in [1.165, 1.54) is 5.56 Å². The van der Waals surface area contributed by atoms with Gasteiger partial charge in [-0.3, -0.25) is 10.1 Å². The van der Waals surface area contributed by atoms with E-state index in [9.17, 15) is 4.79 Å². The van der Waals surface area contributed by atoms with Crippen LogP contribution in [0.2, 0.25) is 0 Å². The Balaban J connectivity index is 0.000000686. The summed E-state index contributed by atoms with van der Waals surface area (Å²) in [5, 5.41) is 5.67. The van der Waals surface area contributed by atoms with E-state index < -0.39 is 0 Å². The van der Waals surface area contributed by atoms with Crippen molar-refractivity contribution < 1.29 is 4.79 Å². The highest BCUT2D eigenvalue weighted by Gasteiger charge is 2.19. The van der Waals surface area contributed by atoms with Crippen LogP contribution < -0.4 is 10.6 Å². The molecule has 2 N–H and O–H groups in total. The number of amides is 1. The maximum absolute atomic E-state index is 11.3. The zero-order valence-electron chi connectivity index (χ0n) is 10.2. The molecule has 2 rings (SSSR count). The lowest BCUT2D eigenvalue weighted by Gasteiger charge is -1.97. The number of nitrogens with one attached hydrogen (secondary N) is 2. The van der Waals surface area contributed by atoms with E-state index in [-0.39, 0.29) is 5.91 Å². The molecule has 90 valence electrons. The molecule has 0 aliphatic carbocycles. The SMILES string of the molecule is CC.Cc1ccc(/C=C2/NC(=S)NC2=O)cc1. The van der Waals surface area contributed by atoms with E-state index in [0.29, 0.717) is 10.8 Å². The number of hydrogen-bond acceptors (Lipinski definition) is 2. The first-order chi connectivity index (χ1) is 8.15. The van der Waals surface area contributed by atoms with Crippen molar-refractivity contribution in [1.82, 2.24) is 10.6 Å². The first kappa shape index (κ1) is 13.4. The van der Waals surface area contributed by atoms with Gasteiger partial charge in [-0.15, -0.1) is 0 Å². The molecule has 0 unspecified atom stereocenters. The Hall–Kier alpha value is -1.68. The maximum Gasteiger partial charge on any atom is 0.273 e. The third-order valence-electron chi connectivity index (χ3n) is 2.11. The minimum atomic E-state index is -0.180. The van der Waals surface area contributed by atoms with Gasteiger partial charge in [0.1, 0.15) is 5.70 Å². The number of benzene rings is 1. The van der Waals surface area contributed by atoms with Crippen molar-refractivity contribution in [1.29, 1.82) is 0 Å². The fourth-order valence-corrected chi connectivity index (χ4v) is 1.51. The van der Waals surface area contributed by atoms with Crippen LogP contribution in [0.5, 0.6) is 0 Å². The molecular formula is C13H16N2OS. The number of rotatable bonds is 1. The minimum absolute atomic E-state index is 0.180. The number of hydrogen-bond donors (Lipinski definition) is 2. The highest BCUT2D eigenvalue weighted by atomic mass is 32.1. The summed E-state index contributed by atoms with van der Waals surface area (Å²) in [4.78, 5) is 11.3. The Morgan fingerprint density at radius 3 is 2.18 bits per heavy atom. The second kappa shape index (κ2) is 6.15. The van der Waals surface area contributed by atoms with Crippen molar-refractivity contribution in [3.8, 4) is 0 Å². The van der Waals surface area contributed by atoms with E-state index in [0.717, 1.165) is 5.56 Å². The molecule has 1 fully saturated rings. The van der Waals surface area contributed by atoms with Gasteiger partial charge in [-0.25, -0.2) is 0 Å². The topological polar surface area (TPSA) is 41.1 Å². The number of aryl methyl sites for hydroxylation is 1. The molecule has 0 saturated carbocycles. The first-order valence-corrected chi connectivity index (χ1v) is 5.97. The molecule has 0 aromatic heterocycles. The average molecular weight is 248 g/mol. The smallest absolute Gasteiger partial charge is 0.273 e. The third kappa shape index (κ3) is 3.67. The van der Waals surface area contributed by atoms with E-state index in [1.54, 1.807) is 6.08 Å². The van der Waals surface area contributed by atoms with Crippen LogP contribution in [0, 0.1) is 6.92 Å². The second-order valence-electron chi connectivity index (χ2n) is 3.38. The molecule has 1 aromatic carbocycles. The Morgan fingerprint density at radius 1 is 1.12 bits per heavy atom. The summed E-state index contributed by atoms with van der Waals surface area (Å²) in [6, 6.07) is 7.91. The standard InChI is InChI=1S/C11H10N2OS.C2H6/c1-7-2-4-8(5-3-7)6-9-10(14)13-11(15)12-9;1-2/h2-6H,1H3,(H2,12,13,14,15);1-2H3/b9-6+;. The van der Waals surface area contributed by atoms with Crippen molar-refractivity contribution in [3.05, 3.63) is 41.1 Å². The van der Waals surface area contributed by atoms with Gasteiger partial charge in [0.2, 0.25) is 0 Å². The van der Waals surface area contributed by atoms with Gasteiger partial charge in [0.05, 0.1) is 0 Å². The molecule has 1 aromatic rings. The van der Waals surface area contributed by atoms with Crippen LogP contribution in [0.25, 0.3) is 6.08 Å². The van der Waals surface area contributed by atoms with E-state index in [1.807, 2.05) is 45.0 Å². The van der Waals surface area contributed by atoms with Gasteiger partial charge in [-0.05, 0) is 30.8 Å². The van der Waals surface area contributed by atoms with Crippen LogP contribution in [0.4, 0.5) is 0 Å². The first-order valence-electron chi connectivity index (χ1n) is 5.56. The molecule has 0 spiro atoms. The maximum atomic E-state index is 11.3. The molecule has 1 aliphatic heterocycles. The van der Waals surface area contributed by atoms with Crippen LogP contribution >= 0.6 is 12.2 Å². The highest BCUT2D eigenvalue weighted by molar-refractivity contribution is 7.80. The Kier molecular flexibility index (Phi) is 4.84. The summed E-state index contributed by atoms with van der Waals surface area (Å²) in [6.45, 7) is 6.02. The lowest BCUT2D eigenvalue weighted by Crippen LogP contribution is -2.21. The summed E-state index contributed by atoms with van der Waals surface area (Å²) in [5.74, 6) is -0.180. The van der Waals surface area contributed by atoms with Gasteiger partial charge in [0.25, 0.3) is 5.91 Å². The molecule has 1 saturated heterocycles. The zero-order valence-corrected chi connectivity index (χ0v) is 11.0. The minimum Gasteiger partial charge on any atom is -0.328 e. The highest BCUT2D eigenvalue weighted by Crippen LogP contribution is 2.09. The molecule has 0 bridgehead atoms. The Bertz CT molecular complexity index is 449. The molecule has 4 heteroatoms. The predicted octanol–water partition coefficient (Wildman–Crippen LogP) is 2.37. The number of carbonyl (C=O) groups excluding carboxylic acids is 1. The lowest BCUT2D eigenvalue weighted by molar-refractivity contribution is -0.115. The van der Waals surface area contributed by atoms with E-state index in [4.69, 9.17) is 12.2 Å². The molecule has 3 nitrogen and oxygen atoms in total. The van der Waals surface area contributed by atoms with Crippen molar-refractivity contribution in [2.24, 2.45) is 0 Å². The van der Waals surface area contributed by atoms with Crippen LogP contribution in [-0.4, -0.2) is 11.0 Å². The zero-order chi connectivity index (χ0) is 12.8. The van der Waals surface area contributed by atoms with Gasteiger partial charge in [0, 0.05) is 0 Å². The van der Waals surface area contributed by atoms with E-state index >= 15 is 0 Å². The summed E-state index contributed by atoms with van der Waals surface area (Å²) in [7, 11) is 0. The molecular weight excluding hydrogens is 232 g/mol. The Labute approximate surface area is 107 Å². The van der Waals surface area contributed by atoms with Gasteiger partial charge in [-0.1, -0.05) is 43.7 Å². The van der Waals surface area contributed by atoms with Gasteiger partial charge in [-0.2, -0.15) is 0 Å². The molecule has 0 atom stereocenters. The molecule has 1 heterocycles. The molecule has 1 amide bonds. The van der Waals surface area contributed by atoms with Crippen molar-refractivity contribution in [2.75, 3.05) is 0 Å². The fraction of sp³-hybridized carbons (Fsp3) is 0.231. The fourth-order valence-electron chi connectivity index (χ4n) is 1.31. The van der Waals surface area contributed by atoms with Crippen LogP contribution in [0.1, 0.15) is 25.0 Å². The largest absolute Gasteiger partial charge is 0.328 e. The molecule has 0 radical (unpaired) electrons. The second-order valence-corrected chi connectivity index (χ2v) is 3.79. The van der Waals surface area contributed by atoms with Crippen molar-refractivity contribution in [2.45, 2.75) is 20.8 Å². The normalized spacial score (nSPS) is 16.1. The summed E-state index contributed by atoms with van der Waals surface area (Å²) < 4.78 is 0. The lowest BCUT2D eigenvalue weighted by atomic mass is 10.1. The van der Waals surface area contributed by atoms with Crippen LogP contribution in [0.3, 0.4) is 0 Å². The predicted molar refractivity (Wildman–Crippen MR) is 74.4 cm³/mol. The van der Waals surface area contributed by atoms with Crippen LogP contribution in [-0.2, 0) is 4.79 Å². The van der Waals surface area contributed by atoms with Gasteiger partial charge >= 0.3 is 0 Å². The van der Waals surface area contributed by atoms with Gasteiger partial charge < -0.3 is 5.32 Å². The van der Waals surface area contributed by atoms with Crippen molar-refractivity contribution >= 4 is 29.3 Å². The average Bonchev–Trinajstić information content (AvgIpc) is 2.63. The summed E-state index contributed by atoms with van der Waals surface area (Å²) in [6.07, 6.45) is 1.77. The summed E-state index contributed by atoms with van der Waals surface area (Å²) >= 11 is 4.83.